The molecule has 0 amide bonds. The Kier molecular flexibility index (Phi) is 4.50. The molecule has 122 valence electrons. The molecule has 7 nitrogen and oxygen atoms in total. The van der Waals surface area contributed by atoms with Gasteiger partial charge < -0.3 is 4.74 Å². The second-order valence-corrected chi connectivity index (χ2v) is 6.33. The third-order valence-corrected chi connectivity index (χ3v) is 4.40. The van der Waals surface area contributed by atoms with Gasteiger partial charge in [-0.1, -0.05) is 6.07 Å². The van der Waals surface area contributed by atoms with E-state index in [-0.39, 0.29) is 11.4 Å². The third-order valence-electron chi connectivity index (χ3n) is 3.02. The van der Waals surface area contributed by atoms with E-state index in [9.17, 15) is 22.9 Å². The van der Waals surface area contributed by atoms with Gasteiger partial charge in [0.25, 0.3) is 15.7 Å². The zero-order valence-electron chi connectivity index (χ0n) is 12.2. The predicted octanol–water partition coefficient (Wildman–Crippen LogP) is 2.85. The van der Waals surface area contributed by atoms with Crippen molar-refractivity contribution in [3.05, 3.63) is 57.9 Å². The average Bonchev–Trinajstić information content (AvgIpc) is 2.49. The maximum absolute atomic E-state index is 13.8. The van der Waals surface area contributed by atoms with E-state index in [1.54, 1.807) is 6.92 Å². The van der Waals surface area contributed by atoms with E-state index in [1.807, 2.05) is 0 Å². The molecular weight excluding hydrogens is 327 g/mol. The number of ether oxygens (including phenoxy) is 1. The van der Waals surface area contributed by atoms with Crippen molar-refractivity contribution in [3.8, 4) is 5.75 Å². The molecule has 0 saturated carbocycles. The lowest BCUT2D eigenvalue weighted by Gasteiger charge is -2.12. The Bertz CT molecular complexity index is 867. The van der Waals surface area contributed by atoms with E-state index in [0.29, 0.717) is 5.56 Å². The van der Waals surface area contributed by atoms with Crippen LogP contribution in [0.25, 0.3) is 0 Å². The molecule has 0 heterocycles. The van der Waals surface area contributed by atoms with Crippen molar-refractivity contribution in [1.82, 2.24) is 0 Å². The van der Waals surface area contributed by atoms with Crippen molar-refractivity contribution >= 4 is 21.4 Å². The Labute approximate surface area is 131 Å². The van der Waals surface area contributed by atoms with Crippen LogP contribution in [0.3, 0.4) is 0 Å². The summed E-state index contributed by atoms with van der Waals surface area (Å²) in [6.45, 7) is 1.66. The summed E-state index contributed by atoms with van der Waals surface area (Å²) in [6, 6.07) is 7.11. The van der Waals surface area contributed by atoms with Gasteiger partial charge in [0.05, 0.1) is 17.7 Å². The molecule has 2 aromatic rings. The van der Waals surface area contributed by atoms with Gasteiger partial charge in [0, 0.05) is 12.1 Å². The zero-order chi connectivity index (χ0) is 17.2. The Morgan fingerprint density at radius 3 is 2.48 bits per heavy atom. The number of nitrogens with one attached hydrogen (secondary N) is 1. The summed E-state index contributed by atoms with van der Waals surface area (Å²) in [6.07, 6.45) is 0. The number of hydrogen-bond acceptors (Lipinski definition) is 5. The third kappa shape index (κ3) is 3.57. The monoisotopic (exact) mass is 340 g/mol. The van der Waals surface area contributed by atoms with Gasteiger partial charge >= 0.3 is 0 Å². The number of sulfonamides is 1. The number of nitro benzene ring substituents is 1. The fourth-order valence-corrected chi connectivity index (χ4v) is 3.15. The molecule has 23 heavy (non-hydrogen) atoms. The van der Waals surface area contributed by atoms with Gasteiger partial charge in [-0.15, -0.1) is 0 Å². The summed E-state index contributed by atoms with van der Waals surface area (Å²) >= 11 is 0. The molecule has 0 aliphatic carbocycles. The first-order chi connectivity index (χ1) is 10.7. The smallest absolute Gasteiger partial charge is 0.271 e. The molecule has 0 bridgehead atoms. The molecule has 0 fully saturated rings. The van der Waals surface area contributed by atoms with Crippen LogP contribution in [0.5, 0.6) is 5.75 Å². The summed E-state index contributed by atoms with van der Waals surface area (Å²) in [5, 5.41) is 10.8. The van der Waals surface area contributed by atoms with Crippen LogP contribution < -0.4 is 9.46 Å². The number of hydrogen-bond donors (Lipinski definition) is 1. The SMILES string of the molecule is COc1ccc([N+](=O)[O-])cc1S(=O)(=O)Nc1ccc(C)cc1F. The lowest BCUT2D eigenvalue weighted by atomic mass is 10.2. The maximum atomic E-state index is 13.8. The Morgan fingerprint density at radius 1 is 1.22 bits per heavy atom. The molecule has 1 N–H and O–H groups in total. The molecule has 0 radical (unpaired) electrons. The molecule has 0 saturated heterocycles. The second kappa shape index (κ2) is 6.21. The fourth-order valence-electron chi connectivity index (χ4n) is 1.89. The van der Waals surface area contributed by atoms with Crippen LogP contribution in [0.4, 0.5) is 15.8 Å². The van der Waals surface area contributed by atoms with Crippen molar-refractivity contribution in [2.75, 3.05) is 11.8 Å². The number of halogens is 1. The minimum Gasteiger partial charge on any atom is -0.495 e. The molecule has 0 spiro atoms. The predicted molar refractivity (Wildman–Crippen MR) is 81.6 cm³/mol. The van der Waals surface area contributed by atoms with Crippen LogP contribution in [-0.4, -0.2) is 20.5 Å². The highest BCUT2D eigenvalue weighted by molar-refractivity contribution is 7.92. The number of aryl methyl sites for hydroxylation is 1. The van der Waals surface area contributed by atoms with Crippen LogP contribution in [0, 0.1) is 22.9 Å². The molecule has 0 unspecified atom stereocenters. The molecule has 0 aliphatic heterocycles. The van der Waals surface area contributed by atoms with Gasteiger partial charge in [0.15, 0.2) is 0 Å². The number of methoxy groups -OCH3 is 1. The van der Waals surface area contributed by atoms with Crippen molar-refractivity contribution in [2.24, 2.45) is 0 Å². The quantitative estimate of drug-likeness (QED) is 0.666. The minimum atomic E-state index is -4.27. The largest absolute Gasteiger partial charge is 0.495 e. The van der Waals surface area contributed by atoms with E-state index in [4.69, 9.17) is 4.74 Å². The summed E-state index contributed by atoms with van der Waals surface area (Å²) in [5.74, 6) is -0.839. The van der Waals surface area contributed by atoms with Crippen LogP contribution in [0.2, 0.25) is 0 Å². The van der Waals surface area contributed by atoms with Crippen molar-refractivity contribution in [1.29, 1.82) is 0 Å². The highest BCUT2D eigenvalue weighted by Gasteiger charge is 2.24. The lowest BCUT2D eigenvalue weighted by Crippen LogP contribution is -2.15. The molecule has 0 atom stereocenters. The first kappa shape index (κ1) is 16.7. The summed E-state index contributed by atoms with van der Waals surface area (Å²) in [7, 11) is -3.04. The maximum Gasteiger partial charge on any atom is 0.271 e. The van der Waals surface area contributed by atoms with Gasteiger partial charge in [-0.2, -0.15) is 0 Å². The van der Waals surface area contributed by atoms with Crippen molar-refractivity contribution in [2.45, 2.75) is 11.8 Å². The standard InChI is InChI=1S/C14H13FN2O5S/c1-9-3-5-12(11(15)7-9)16-23(20,21)14-8-10(17(18)19)4-6-13(14)22-2/h3-8,16H,1-2H3. The highest BCUT2D eigenvalue weighted by atomic mass is 32.2. The van der Waals surface area contributed by atoms with Gasteiger partial charge in [0.1, 0.15) is 16.5 Å². The molecule has 0 aromatic heterocycles. The fraction of sp³-hybridized carbons (Fsp3) is 0.143. The van der Waals surface area contributed by atoms with E-state index in [2.05, 4.69) is 4.72 Å². The topological polar surface area (TPSA) is 98.5 Å². The number of rotatable bonds is 5. The van der Waals surface area contributed by atoms with Gasteiger partial charge in [-0.05, 0) is 30.7 Å². The Morgan fingerprint density at radius 2 is 1.91 bits per heavy atom. The molecule has 0 aliphatic rings. The van der Waals surface area contributed by atoms with E-state index in [1.165, 1.54) is 25.3 Å². The van der Waals surface area contributed by atoms with E-state index >= 15 is 0 Å². The zero-order valence-corrected chi connectivity index (χ0v) is 13.1. The van der Waals surface area contributed by atoms with Crippen LogP contribution in [-0.2, 0) is 10.0 Å². The summed E-state index contributed by atoms with van der Waals surface area (Å²) < 4.78 is 45.6. The van der Waals surface area contributed by atoms with Gasteiger partial charge in [-0.3, -0.25) is 14.8 Å². The number of non-ortho nitro benzene ring substituents is 1. The van der Waals surface area contributed by atoms with Crippen LogP contribution in [0.15, 0.2) is 41.3 Å². The first-order valence-corrected chi connectivity index (χ1v) is 7.84. The minimum absolute atomic E-state index is 0.0874. The Balaban J connectivity index is 2.50. The highest BCUT2D eigenvalue weighted by Crippen LogP contribution is 2.30. The number of benzene rings is 2. The number of nitro groups is 1. The van der Waals surface area contributed by atoms with E-state index in [0.717, 1.165) is 18.2 Å². The van der Waals surface area contributed by atoms with Crippen molar-refractivity contribution < 1.29 is 22.5 Å². The summed E-state index contributed by atoms with van der Waals surface area (Å²) in [4.78, 5) is 9.64. The molecule has 2 rings (SSSR count). The van der Waals surface area contributed by atoms with Gasteiger partial charge in [0.2, 0.25) is 0 Å². The normalized spacial score (nSPS) is 11.1. The Hall–Kier alpha value is -2.68. The molecule has 9 heteroatoms. The van der Waals surface area contributed by atoms with Crippen LogP contribution >= 0.6 is 0 Å². The number of nitrogens with zero attached hydrogens (tertiary/aromatic N) is 1. The lowest BCUT2D eigenvalue weighted by molar-refractivity contribution is -0.385. The van der Waals surface area contributed by atoms with Crippen LogP contribution in [0.1, 0.15) is 5.56 Å². The summed E-state index contributed by atoms with van der Waals surface area (Å²) in [5.41, 5.74) is -0.0573. The average molecular weight is 340 g/mol. The van der Waals surface area contributed by atoms with Crippen molar-refractivity contribution in [3.63, 3.8) is 0 Å². The first-order valence-electron chi connectivity index (χ1n) is 6.36. The number of anilines is 1. The molecular formula is C14H13FN2O5S. The van der Waals surface area contributed by atoms with E-state index < -0.39 is 31.3 Å². The van der Waals surface area contributed by atoms with Gasteiger partial charge in [-0.25, -0.2) is 12.8 Å². The molecule has 2 aromatic carbocycles. The second-order valence-electron chi connectivity index (χ2n) is 4.68.